The van der Waals surface area contributed by atoms with Crippen molar-refractivity contribution in [2.75, 3.05) is 26.4 Å². The smallest absolute Gasteiger partial charge is 0.462 e. The number of hydrogen-bond donors (Lipinski definition) is 2. The fraction of sp³-hybridized carbons (Fsp3) is 0.894. The van der Waals surface area contributed by atoms with Crippen molar-refractivity contribution >= 4 is 25.7 Å². The summed E-state index contributed by atoms with van der Waals surface area (Å²) in [6, 6.07) is 0. The molecule has 0 spiro atoms. The molecule has 0 aliphatic rings. The minimum Gasteiger partial charge on any atom is -0.462 e. The maximum Gasteiger partial charge on any atom is 0.472 e. The zero-order chi connectivity index (χ0) is 56.9. The van der Waals surface area contributed by atoms with Gasteiger partial charge in [0, 0.05) is 19.3 Å². The Hall–Kier alpha value is -2.04. The van der Waals surface area contributed by atoms with Gasteiger partial charge >= 0.3 is 25.7 Å². The first-order valence-corrected chi connectivity index (χ1v) is 34.7. The summed E-state index contributed by atoms with van der Waals surface area (Å²) in [7, 11) is -4.75. The number of phosphoric ester groups is 1. The van der Waals surface area contributed by atoms with Crippen LogP contribution in [0.4, 0.5) is 0 Å². The number of carbonyl (C=O) groups is 3. The maximum atomic E-state index is 13.0. The highest BCUT2D eigenvalue weighted by molar-refractivity contribution is 7.47. The van der Waals surface area contributed by atoms with Crippen molar-refractivity contribution in [3.8, 4) is 0 Å². The number of aliphatic hydroxyl groups is 1. The summed E-state index contributed by atoms with van der Waals surface area (Å²) in [4.78, 5) is 48.8. The van der Waals surface area contributed by atoms with E-state index in [9.17, 15) is 28.9 Å². The van der Waals surface area contributed by atoms with Crippen LogP contribution in [0, 0.1) is 0 Å². The molecule has 11 nitrogen and oxygen atoms in total. The maximum absolute atomic E-state index is 13.0. The Morgan fingerprint density at radius 1 is 0.346 bits per heavy atom. The summed E-state index contributed by atoms with van der Waals surface area (Å²) in [6.45, 7) is 4.71. The molecule has 0 bridgehead atoms. The summed E-state index contributed by atoms with van der Waals surface area (Å²) in [5, 5.41) is 9.86. The molecule has 3 unspecified atom stereocenters. The first-order chi connectivity index (χ1) is 38.2. The fourth-order valence-corrected chi connectivity index (χ4v) is 10.5. The molecule has 0 saturated carbocycles. The molecule has 0 aliphatic carbocycles. The van der Waals surface area contributed by atoms with Gasteiger partial charge in [-0.05, 0) is 70.6 Å². The van der Waals surface area contributed by atoms with E-state index in [0.717, 1.165) is 83.5 Å². The third-order valence-electron chi connectivity index (χ3n) is 14.8. The van der Waals surface area contributed by atoms with Crippen LogP contribution in [0.3, 0.4) is 0 Å². The number of aliphatic hydroxyl groups excluding tert-OH is 1. The molecule has 0 radical (unpaired) electrons. The van der Waals surface area contributed by atoms with E-state index < -0.39 is 57.8 Å². The lowest BCUT2D eigenvalue weighted by molar-refractivity contribution is -0.161. The molecule has 0 heterocycles. The Balaban J connectivity index is 4.64. The van der Waals surface area contributed by atoms with Gasteiger partial charge in [-0.3, -0.25) is 23.4 Å². The predicted octanol–water partition coefficient (Wildman–Crippen LogP) is 20.2. The minimum absolute atomic E-state index is 0.173. The first-order valence-electron chi connectivity index (χ1n) is 33.2. The van der Waals surface area contributed by atoms with Crippen LogP contribution in [0.15, 0.2) is 24.3 Å². The SMILES string of the molecule is CCCCCCCC/C=C\CCCCCCCCCC(=O)OC(CO)COP(=O)(O)OCC(COC(=O)CCCCCCC/C=C\CCCCCCCC)OC(=O)CCCCCCCCCCCCCCCCCCCCC. The standard InChI is InChI=1S/C66H125O11P/c1-4-7-10-13-16-19-22-25-28-30-31-33-36-39-42-45-48-51-54-57-66(70)77-63(59-73-64(68)55-52-49-46-43-40-37-34-27-24-21-18-15-12-9-6-3)61-75-78(71,72)74-60-62(58-67)76-65(69)56-53-50-47-44-41-38-35-32-29-26-23-20-17-14-11-8-5-2/h26-27,29,34,62-63,67H,4-25,28,30-33,35-61H2,1-3H3,(H,71,72)/b29-26-,34-27-. The Morgan fingerprint density at radius 2 is 0.590 bits per heavy atom. The summed E-state index contributed by atoms with van der Waals surface area (Å²) in [5.74, 6) is -1.45. The largest absolute Gasteiger partial charge is 0.472 e. The Kier molecular flexibility index (Phi) is 59.4. The van der Waals surface area contributed by atoms with Crippen LogP contribution in [-0.2, 0) is 42.2 Å². The highest BCUT2D eigenvalue weighted by Gasteiger charge is 2.28. The van der Waals surface area contributed by atoms with E-state index in [1.54, 1.807) is 0 Å². The molecule has 460 valence electrons. The number of carbonyl (C=O) groups excluding carboxylic acids is 3. The summed E-state index contributed by atoms with van der Waals surface area (Å²) in [6.07, 6.45) is 64.1. The van der Waals surface area contributed by atoms with E-state index in [0.29, 0.717) is 19.3 Å². The number of rotatable bonds is 63. The molecule has 2 N–H and O–H groups in total. The zero-order valence-electron chi connectivity index (χ0n) is 51.2. The lowest BCUT2D eigenvalue weighted by Gasteiger charge is -2.21. The molecule has 12 heteroatoms. The minimum atomic E-state index is -4.75. The van der Waals surface area contributed by atoms with E-state index in [1.807, 2.05) is 0 Å². The third kappa shape index (κ3) is 58.6. The van der Waals surface area contributed by atoms with Crippen LogP contribution in [0.25, 0.3) is 0 Å². The van der Waals surface area contributed by atoms with E-state index in [2.05, 4.69) is 45.1 Å². The van der Waals surface area contributed by atoms with Gasteiger partial charge in [-0.2, -0.15) is 0 Å². The van der Waals surface area contributed by atoms with Crippen molar-refractivity contribution in [3.63, 3.8) is 0 Å². The van der Waals surface area contributed by atoms with Gasteiger partial charge in [0.1, 0.15) is 12.7 Å². The molecule has 0 fully saturated rings. The molecule has 0 amide bonds. The second-order valence-corrected chi connectivity index (χ2v) is 24.1. The van der Waals surface area contributed by atoms with Crippen molar-refractivity contribution in [2.45, 2.75) is 354 Å². The number of unbranched alkanes of at least 4 members (excludes halogenated alkanes) is 42. The van der Waals surface area contributed by atoms with E-state index in [1.165, 1.54) is 199 Å². The molecule has 0 aromatic rings. The highest BCUT2D eigenvalue weighted by atomic mass is 31.2. The second kappa shape index (κ2) is 61.0. The molecule has 0 aliphatic heterocycles. The highest BCUT2D eigenvalue weighted by Crippen LogP contribution is 2.43. The van der Waals surface area contributed by atoms with Crippen LogP contribution in [0.2, 0.25) is 0 Å². The molecular weight excluding hydrogens is 1000 g/mol. The van der Waals surface area contributed by atoms with Crippen LogP contribution in [0.1, 0.15) is 342 Å². The normalized spacial score (nSPS) is 13.3. The van der Waals surface area contributed by atoms with Gasteiger partial charge in [0.05, 0.1) is 19.8 Å². The monoisotopic (exact) mass is 1120 g/mol. The van der Waals surface area contributed by atoms with E-state index in [4.69, 9.17) is 23.3 Å². The summed E-state index contributed by atoms with van der Waals surface area (Å²) in [5.41, 5.74) is 0. The number of allylic oxidation sites excluding steroid dienone is 4. The van der Waals surface area contributed by atoms with Gasteiger partial charge in [-0.15, -0.1) is 0 Å². The lowest BCUT2D eigenvalue weighted by atomic mass is 10.0. The van der Waals surface area contributed by atoms with Crippen molar-refractivity contribution in [1.29, 1.82) is 0 Å². The van der Waals surface area contributed by atoms with Gasteiger partial charge < -0.3 is 24.2 Å². The van der Waals surface area contributed by atoms with Crippen molar-refractivity contribution in [2.24, 2.45) is 0 Å². The number of ether oxygens (including phenoxy) is 3. The second-order valence-electron chi connectivity index (χ2n) is 22.6. The van der Waals surface area contributed by atoms with Gasteiger partial charge in [0.15, 0.2) is 6.10 Å². The van der Waals surface area contributed by atoms with Crippen LogP contribution in [0.5, 0.6) is 0 Å². The predicted molar refractivity (Wildman–Crippen MR) is 326 cm³/mol. The summed E-state index contributed by atoms with van der Waals surface area (Å²) < 4.78 is 39.7. The Labute approximate surface area is 480 Å². The van der Waals surface area contributed by atoms with Gasteiger partial charge in [-0.25, -0.2) is 4.57 Å². The van der Waals surface area contributed by atoms with E-state index >= 15 is 0 Å². The number of hydrogen-bond acceptors (Lipinski definition) is 10. The van der Waals surface area contributed by atoms with Crippen molar-refractivity contribution in [1.82, 2.24) is 0 Å². The number of esters is 3. The van der Waals surface area contributed by atoms with Crippen LogP contribution >= 0.6 is 7.82 Å². The van der Waals surface area contributed by atoms with Crippen LogP contribution < -0.4 is 0 Å². The quantitative estimate of drug-likeness (QED) is 0.0197. The van der Waals surface area contributed by atoms with Crippen molar-refractivity contribution in [3.05, 3.63) is 24.3 Å². The molecule has 3 atom stereocenters. The van der Waals surface area contributed by atoms with Crippen LogP contribution in [-0.4, -0.2) is 66.5 Å². The van der Waals surface area contributed by atoms with Gasteiger partial charge in [0.25, 0.3) is 0 Å². The average molecular weight is 1130 g/mol. The van der Waals surface area contributed by atoms with E-state index in [-0.39, 0.29) is 25.9 Å². The molecule has 78 heavy (non-hydrogen) atoms. The third-order valence-corrected chi connectivity index (χ3v) is 15.8. The fourth-order valence-electron chi connectivity index (χ4n) is 9.76. The average Bonchev–Trinajstić information content (AvgIpc) is 3.43. The first kappa shape index (κ1) is 76.0. The van der Waals surface area contributed by atoms with Crippen molar-refractivity contribution < 1.29 is 52.2 Å². The molecular formula is C66H125O11P. The Morgan fingerprint density at radius 3 is 0.885 bits per heavy atom. The topological polar surface area (TPSA) is 155 Å². The molecule has 0 aromatic carbocycles. The lowest BCUT2D eigenvalue weighted by Crippen LogP contribution is -2.30. The van der Waals surface area contributed by atoms with Gasteiger partial charge in [-0.1, -0.05) is 276 Å². The molecule has 0 aromatic heterocycles. The number of phosphoric acid groups is 1. The molecule has 0 saturated heterocycles. The summed E-state index contributed by atoms with van der Waals surface area (Å²) >= 11 is 0. The molecule has 0 rings (SSSR count). The Bertz CT molecular complexity index is 1400. The zero-order valence-corrected chi connectivity index (χ0v) is 52.1. The van der Waals surface area contributed by atoms with Gasteiger partial charge in [0.2, 0.25) is 0 Å².